The third-order valence-corrected chi connectivity index (χ3v) is 12.9. The van der Waals surface area contributed by atoms with Gasteiger partial charge in [-0.15, -0.1) is 0 Å². The van der Waals surface area contributed by atoms with Crippen molar-refractivity contribution in [2.45, 2.75) is 72.6 Å². The Bertz CT molecular complexity index is 3870. The number of carbonyl (C=O) groups excluding carboxylic acids is 3. The largest absolute Gasteiger partial charge is 0.457 e. The van der Waals surface area contributed by atoms with Crippen LogP contribution in [0.4, 0.5) is 38.4 Å². The van der Waals surface area contributed by atoms with Crippen LogP contribution in [-0.2, 0) is 22.0 Å². The number of benzene rings is 6. The van der Waals surface area contributed by atoms with Gasteiger partial charge in [0.25, 0.3) is 0 Å². The van der Waals surface area contributed by atoms with Crippen LogP contribution in [0.3, 0.4) is 0 Å². The summed E-state index contributed by atoms with van der Waals surface area (Å²) in [5, 5.41) is 24.9. The Balaban J connectivity index is 0.000000195. The van der Waals surface area contributed by atoms with E-state index in [1.807, 2.05) is 135 Å². The van der Waals surface area contributed by atoms with Crippen LogP contribution in [0.25, 0.3) is 32.9 Å². The monoisotopic (exact) mass is 1070 g/mol. The number of carbonyl (C=O) groups is 3. The minimum Gasteiger partial charge on any atom is -0.457 e. The summed E-state index contributed by atoms with van der Waals surface area (Å²) >= 11 is 0. The summed E-state index contributed by atoms with van der Waals surface area (Å²) in [6.07, 6.45) is 3.34. The average molecular weight is 1070 g/mol. The van der Waals surface area contributed by atoms with Crippen LogP contribution in [0.15, 0.2) is 170 Å². The number of hydrogen-bond donors (Lipinski definition) is 6. The van der Waals surface area contributed by atoms with Crippen LogP contribution in [-0.4, -0.2) is 53.9 Å². The number of nitrogen functional groups attached to an aromatic ring is 1. The SMILES string of the molecule is Cc1ccc(-n2nc(C(C)(C)C)cc2NC(=O)Nc2ccc(Oc3ccnc(CC(=O)CN)c3)c3ccccc23)cc1.Cc1ccc(-n2nc(C(C)(C)C)cc2NC(=O)Nc2ccc(Oc3ccnc(N)c3)c3ccccc23)cc1. The zero-order valence-electron chi connectivity index (χ0n) is 46.0. The minimum absolute atomic E-state index is 0.0362. The molecular formula is C63H64N12O5. The lowest BCUT2D eigenvalue weighted by Gasteiger charge is -2.14. The Kier molecular flexibility index (Phi) is 16.1. The van der Waals surface area contributed by atoms with E-state index in [-0.39, 0.29) is 35.6 Å². The standard InChI is InChI=1S/C33H34N6O3.C30H30N6O2/c1-21-9-11-23(12-10-21)39-31(19-30(38-39)33(2,3)4)37-32(41)36-28-13-14-29(27-8-6-5-7-26(27)28)42-25-15-16-35-22(18-25)17-24(40)20-34;1-19-9-11-20(12-10-19)36-28(18-26(35-36)30(2,3)4)34-29(37)33-24-13-14-25(23-8-6-5-7-22(23)24)38-21-15-16-32-27(31)17-21/h5-16,18-19H,17,20,34H2,1-4H3,(H2,36,37,41);5-18H,1-4H3,(H2,31,32)(H2,33,34,37). The number of pyridine rings is 2. The first-order chi connectivity index (χ1) is 38.3. The molecule has 8 N–H and O–H groups in total. The number of fused-ring (bicyclic) bond motifs is 2. The second-order valence-corrected chi connectivity index (χ2v) is 21.3. The van der Waals surface area contributed by atoms with Crippen molar-refractivity contribution in [1.29, 1.82) is 0 Å². The lowest BCUT2D eigenvalue weighted by atomic mass is 9.92. The molecule has 0 atom stereocenters. The molecule has 0 aliphatic carbocycles. The van der Waals surface area contributed by atoms with Gasteiger partial charge in [-0.05, 0) is 74.5 Å². The summed E-state index contributed by atoms with van der Waals surface area (Å²) in [7, 11) is 0. The molecule has 17 heteroatoms. The number of anilines is 5. The van der Waals surface area contributed by atoms with Gasteiger partial charge >= 0.3 is 12.1 Å². The predicted octanol–water partition coefficient (Wildman–Crippen LogP) is 13.6. The van der Waals surface area contributed by atoms with Crippen LogP contribution >= 0.6 is 0 Å². The van der Waals surface area contributed by atoms with Gasteiger partial charge in [0.1, 0.15) is 40.5 Å². The molecule has 0 radical (unpaired) electrons. The van der Waals surface area contributed by atoms with Gasteiger partial charge in [0.2, 0.25) is 0 Å². The zero-order valence-corrected chi connectivity index (χ0v) is 46.0. The van der Waals surface area contributed by atoms with Crippen molar-refractivity contribution in [3.63, 3.8) is 0 Å². The zero-order chi connectivity index (χ0) is 56.7. The van der Waals surface area contributed by atoms with Crippen molar-refractivity contribution in [3.8, 4) is 34.4 Å². The number of ketones is 1. The van der Waals surface area contributed by atoms with E-state index in [1.54, 1.807) is 58.2 Å². The molecule has 0 aliphatic rings. The maximum atomic E-state index is 13.3. The van der Waals surface area contributed by atoms with E-state index in [9.17, 15) is 14.4 Å². The second kappa shape index (κ2) is 23.4. The van der Waals surface area contributed by atoms with Crippen LogP contribution in [0.1, 0.15) is 69.8 Å². The fourth-order valence-electron chi connectivity index (χ4n) is 8.55. The van der Waals surface area contributed by atoms with Crippen molar-refractivity contribution in [2.75, 3.05) is 33.5 Å². The van der Waals surface area contributed by atoms with E-state index in [2.05, 4.69) is 72.8 Å². The number of nitrogens with two attached hydrogens (primary N) is 2. The van der Waals surface area contributed by atoms with Crippen LogP contribution < -0.4 is 42.2 Å². The van der Waals surface area contributed by atoms with Gasteiger partial charge in [-0.1, -0.05) is 125 Å². The number of hydrogen-bond acceptors (Lipinski definition) is 11. The summed E-state index contributed by atoms with van der Waals surface area (Å²) in [5.74, 6) is 3.79. The number of nitrogens with zero attached hydrogens (tertiary/aromatic N) is 6. The van der Waals surface area contributed by atoms with Crippen molar-refractivity contribution in [3.05, 3.63) is 198 Å². The first-order valence-corrected chi connectivity index (χ1v) is 26.1. The molecule has 10 aromatic rings. The van der Waals surface area contributed by atoms with Crippen molar-refractivity contribution in [1.82, 2.24) is 29.5 Å². The summed E-state index contributed by atoms with van der Waals surface area (Å²) in [6.45, 7) is 16.6. The van der Waals surface area contributed by atoms with Gasteiger partial charge in [-0.3, -0.25) is 20.4 Å². The van der Waals surface area contributed by atoms with Gasteiger partial charge in [0.05, 0.1) is 52.8 Å². The second-order valence-electron chi connectivity index (χ2n) is 21.3. The first-order valence-electron chi connectivity index (χ1n) is 26.1. The van der Waals surface area contributed by atoms with Gasteiger partial charge in [-0.2, -0.15) is 10.2 Å². The van der Waals surface area contributed by atoms with Gasteiger partial charge in [0, 0.05) is 69.0 Å². The maximum Gasteiger partial charge on any atom is 0.324 e. The summed E-state index contributed by atoms with van der Waals surface area (Å²) in [4.78, 5) is 46.5. The van der Waals surface area contributed by atoms with Gasteiger partial charge in [-0.25, -0.2) is 23.9 Å². The number of urea groups is 2. The Morgan fingerprint density at radius 2 is 0.938 bits per heavy atom. The highest BCUT2D eigenvalue weighted by Crippen LogP contribution is 2.37. The van der Waals surface area contributed by atoms with Crippen molar-refractivity contribution < 1.29 is 23.9 Å². The molecule has 6 aromatic carbocycles. The quantitative estimate of drug-likeness (QED) is 0.0636. The van der Waals surface area contributed by atoms with Crippen molar-refractivity contribution in [2.24, 2.45) is 5.73 Å². The van der Waals surface area contributed by atoms with Crippen molar-refractivity contribution >= 4 is 68.2 Å². The molecule has 4 aromatic heterocycles. The number of nitrogens with one attached hydrogen (secondary N) is 4. The smallest absolute Gasteiger partial charge is 0.324 e. The maximum absolute atomic E-state index is 13.3. The highest BCUT2D eigenvalue weighted by atomic mass is 16.5. The Labute approximate surface area is 464 Å². The third kappa shape index (κ3) is 13.3. The lowest BCUT2D eigenvalue weighted by Crippen LogP contribution is -2.21. The number of aromatic nitrogens is 6. The molecule has 17 nitrogen and oxygen atoms in total. The summed E-state index contributed by atoms with van der Waals surface area (Å²) < 4.78 is 15.8. The molecule has 0 saturated heterocycles. The number of amides is 4. The highest BCUT2D eigenvalue weighted by molar-refractivity contribution is 6.08. The fraction of sp³-hybridized carbons (Fsp3) is 0.190. The number of Topliss-reactive ketones (excluding diaryl/α,β-unsaturated/α-hetero) is 1. The van der Waals surface area contributed by atoms with E-state index >= 15 is 0 Å². The molecule has 0 saturated carbocycles. The van der Waals surface area contributed by atoms with Gasteiger partial charge < -0.3 is 31.6 Å². The molecule has 0 fully saturated rings. The molecular weight excluding hydrogens is 1000 g/mol. The average Bonchev–Trinajstić information content (AvgIpc) is 4.09. The Morgan fingerprint density at radius 3 is 1.36 bits per heavy atom. The highest BCUT2D eigenvalue weighted by Gasteiger charge is 2.24. The third-order valence-electron chi connectivity index (χ3n) is 12.9. The van der Waals surface area contributed by atoms with Crippen LogP contribution in [0.5, 0.6) is 23.0 Å². The number of rotatable bonds is 13. The van der Waals surface area contributed by atoms with Gasteiger partial charge in [0.15, 0.2) is 5.78 Å². The lowest BCUT2D eigenvalue weighted by molar-refractivity contribution is -0.117. The molecule has 10 rings (SSSR count). The molecule has 0 spiro atoms. The Morgan fingerprint density at radius 1 is 0.512 bits per heavy atom. The predicted molar refractivity (Wildman–Crippen MR) is 318 cm³/mol. The molecule has 0 bridgehead atoms. The van der Waals surface area contributed by atoms with E-state index in [0.29, 0.717) is 57.5 Å². The van der Waals surface area contributed by atoms with E-state index in [4.69, 9.17) is 31.1 Å². The first kappa shape index (κ1) is 54.9. The van der Waals surface area contributed by atoms with E-state index < -0.39 is 6.03 Å². The van der Waals surface area contributed by atoms with Crippen LogP contribution in [0, 0.1) is 13.8 Å². The molecule has 406 valence electrons. The van der Waals surface area contributed by atoms with E-state index in [1.165, 1.54) is 0 Å². The Hall–Kier alpha value is -9.87. The number of aryl methyl sites for hydroxylation is 2. The topological polar surface area (TPSA) is 231 Å². The molecule has 0 unspecified atom stereocenters. The minimum atomic E-state index is -0.397. The van der Waals surface area contributed by atoms with E-state index in [0.717, 1.165) is 55.4 Å². The molecule has 80 heavy (non-hydrogen) atoms. The summed E-state index contributed by atoms with van der Waals surface area (Å²) in [5.41, 5.74) is 18.4. The number of ether oxygens (including phenoxy) is 2. The molecule has 4 amide bonds. The molecule has 0 aliphatic heterocycles. The summed E-state index contributed by atoms with van der Waals surface area (Å²) in [6, 6.07) is 48.5. The normalized spacial score (nSPS) is 11.4. The molecule has 4 heterocycles. The van der Waals surface area contributed by atoms with Crippen LogP contribution in [0.2, 0.25) is 0 Å². The fourth-order valence-corrected chi connectivity index (χ4v) is 8.55.